The van der Waals surface area contributed by atoms with E-state index in [4.69, 9.17) is 9.52 Å². The van der Waals surface area contributed by atoms with E-state index in [9.17, 15) is 4.79 Å². The van der Waals surface area contributed by atoms with Crippen molar-refractivity contribution in [3.05, 3.63) is 53.7 Å². The Morgan fingerprint density at radius 3 is 2.62 bits per heavy atom. The van der Waals surface area contributed by atoms with Crippen molar-refractivity contribution in [2.45, 2.75) is 0 Å². The van der Waals surface area contributed by atoms with E-state index in [-0.39, 0.29) is 5.89 Å². The molecule has 0 atom stereocenters. The Labute approximate surface area is 91.9 Å². The molecule has 0 aliphatic carbocycles. The van der Waals surface area contributed by atoms with Gasteiger partial charge in [0, 0.05) is 0 Å². The lowest BCUT2D eigenvalue weighted by Crippen LogP contribution is -1.94. The second-order valence-corrected chi connectivity index (χ2v) is 3.12. The number of hydrogen-bond donors (Lipinski definition) is 1. The molecule has 1 aromatic heterocycles. The second kappa shape index (κ2) is 4.44. The number of rotatable bonds is 3. The zero-order valence-corrected chi connectivity index (χ0v) is 8.33. The largest absolute Gasteiger partial charge is 0.474 e. The smallest absolute Gasteiger partial charge is 0.392 e. The van der Waals surface area contributed by atoms with Crippen molar-refractivity contribution < 1.29 is 14.3 Å². The lowest BCUT2D eigenvalue weighted by atomic mass is 10.2. The number of benzene rings is 1. The molecule has 4 heteroatoms. The summed E-state index contributed by atoms with van der Waals surface area (Å²) in [7, 11) is 0. The van der Waals surface area contributed by atoms with Crippen LogP contribution in [0, 0.1) is 0 Å². The van der Waals surface area contributed by atoms with Crippen molar-refractivity contribution in [1.29, 1.82) is 0 Å². The molecule has 0 aliphatic rings. The molecule has 0 aliphatic heterocycles. The summed E-state index contributed by atoms with van der Waals surface area (Å²) in [5, 5.41) is 8.60. The Hall–Kier alpha value is -2.36. The van der Waals surface area contributed by atoms with Crippen LogP contribution in [0.5, 0.6) is 0 Å². The number of aromatic carboxylic acids is 1. The van der Waals surface area contributed by atoms with Crippen LogP contribution in [-0.2, 0) is 0 Å². The van der Waals surface area contributed by atoms with Crippen LogP contribution in [0.1, 0.15) is 22.0 Å². The fourth-order valence-electron chi connectivity index (χ4n) is 1.21. The van der Waals surface area contributed by atoms with Crippen LogP contribution < -0.4 is 0 Å². The molecular weight excluding hydrogens is 206 g/mol. The van der Waals surface area contributed by atoms with Gasteiger partial charge in [-0.15, -0.1) is 0 Å². The summed E-state index contributed by atoms with van der Waals surface area (Å²) in [4.78, 5) is 14.1. The van der Waals surface area contributed by atoms with E-state index >= 15 is 0 Å². The van der Waals surface area contributed by atoms with E-state index in [1.165, 1.54) is 6.20 Å². The summed E-state index contributed by atoms with van der Waals surface area (Å²) in [6.07, 6.45) is 4.88. The van der Waals surface area contributed by atoms with Gasteiger partial charge in [-0.1, -0.05) is 36.4 Å². The summed E-state index contributed by atoms with van der Waals surface area (Å²) < 4.78 is 4.97. The molecule has 80 valence electrons. The molecule has 0 spiro atoms. The molecule has 0 bridgehead atoms. The van der Waals surface area contributed by atoms with E-state index in [0.717, 1.165) is 5.56 Å². The topological polar surface area (TPSA) is 63.3 Å². The fraction of sp³-hybridized carbons (Fsp3) is 0. The van der Waals surface area contributed by atoms with Gasteiger partial charge in [0.1, 0.15) is 5.76 Å². The van der Waals surface area contributed by atoms with Gasteiger partial charge in [0.05, 0.1) is 6.20 Å². The molecule has 0 radical (unpaired) electrons. The van der Waals surface area contributed by atoms with Crippen molar-refractivity contribution in [3.63, 3.8) is 0 Å². The number of carbonyl (C=O) groups is 1. The average molecular weight is 215 g/mol. The highest BCUT2D eigenvalue weighted by Crippen LogP contribution is 2.09. The summed E-state index contributed by atoms with van der Waals surface area (Å²) >= 11 is 0. The zero-order valence-electron chi connectivity index (χ0n) is 8.33. The van der Waals surface area contributed by atoms with E-state index < -0.39 is 5.97 Å². The molecule has 0 saturated carbocycles. The molecule has 16 heavy (non-hydrogen) atoms. The monoisotopic (exact) mass is 215 g/mol. The Morgan fingerprint density at radius 2 is 2.00 bits per heavy atom. The first-order chi connectivity index (χ1) is 7.75. The van der Waals surface area contributed by atoms with Gasteiger partial charge >= 0.3 is 11.9 Å². The van der Waals surface area contributed by atoms with Gasteiger partial charge in [-0.2, -0.15) is 0 Å². The minimum absolute atomic E-state index is 0.298. The minimum Gasteiger partial charge on any atom is -0.474 e. The van der Waals surface area contributed by atoms with Crippen LogP contribution in [0.4, 0.5) is 0 Å². The first kappa shape index (κ1) is 10.2. The standard InChI is InChI=1S/C12H9NO3/c14-12(15)11-13-8-10(16-11)7-6-9-4-2-1-3-5-9/h1-8H,(H,14,15)/b7-6+. The molecule has 2 aromatic rings. The zero-order chi connectivity index (χ0) is 11.4. The fourth-order valence-corrected chi connectivity index (χ4v) is 1.21. The second-order valence-electron chi connectivity index (χ2n) is 3.12. The SMILES string of the molecule is O=C(O)c1ncc(/C=C/c2ccccc2)o1. The van der Waals surface area contributed by atoms with E-state index in [1.807, 2.05) is 36.4 Å². The maximum absolute atomic E-state index is 10.5. The number of nitrogens with zero attached hydrogens (tertiary/aromatic N) is 1. The average Bonchev–Trinajstić information content (AvgIpc) is 2.76. The van der Waals surface area contributed by atoms with Gasteiger partial charge in [-0.3, -0.25) is 0 Å². The summed E-state index contributed by atoms with van der Waals surface area (Å²) in [6, 6.07) is 9.63. The summed E-state index contributed by atoms with van der Waals surface area (Å²) in [5.41, 5.74) is 1.01. The van der Waals surface area contributed by atoms with Crippen molar-refractivity contribution >= 4 is 18.1 Å². The van der Waals surface area contributed by atoms with Crippen molar-refractivity contribution in [1.82, 2.24) is 4.98 Å². The quantitative estimate of drug-likeness (QED) is 0.854. The van der Waals surface area contributed by atoms with Gasteiger partial charge in [0.25, 0.3) is 0 Å². The van der Waals surface area contributed by atoms with Gasteiger partial charge in [-0.05, 0) is 11.6 Å². The predicted molar refractivity (Wildman–Crippen MR) is 58.8 cm³/mol. The third-order valence-electron chi connectivity index (χ3n) is 1.95. The van der Waals surface area contributed by atoms with Crippen molar-refractivity contribution in [2.24, 2.45) is 0 Å². The molecule has 0 amide bonds. The maximum Gasteiger partial charge on any atom is 0.392 e. The molecular formula is C12H9NO3. The minimum atomic E-state index is -1.17. The van der Waals surface area contributed by atoms with Crippen LogP contribution >= 0.6 is 0 Å². The highest BCUT2D eigenvalue weighted by atomic mass is 16.4. The number of oxazole rings is 1. The van der Waals surface area contributed by atoms with Crippen LogP contribution in [0.3, 0.4) is 0 Å². The molecule has 1 heterocycles. The molecule has 0 fully saturated rings. The van der Waals surface area contributed by atoms with Gasteiger partial charge in [0.15, 0.2) is 0 Å². The first-order valence-corrected chi connectivity index (χ1v) is 4.68. The summed E-state index contributed by atoms with van der Waals surface area (Å²) in [6.45, 7) is 0. The number of aromatic nitrogens is 1. The van der Waals surface area contributed by atoms with Gasteiger partial charge in [0.2, 0.25) is 0 Å². The lowest BCUT2D eigenvalue weighted by Gasteiger charge is -1.89. The van der Waals surface area contributed by atoms with Crippen LogP contribution in [0.15, 0.2) is 40.9 Å². The van der Waals surface area contributed by atoms with Crippen LogP contribution in [0.2, 0.25) is 0 Å². The predicted octanol–water partition coefficient (Wildman–Crippen LogP) is 2.54. The highest BCUT2D eigenvalue weighted by Gasteiger charge is 2.08. The number of carboxylic acids is 1. The van der Waals surface area contributed by atoms with Crippen molar-refractivity contribution in [3.8, 4) is 0 Å². The van der Waals surface area contributed by atoms with Gasteiger partial charge < -0.3 is 9.52 Å². The molecule has 1 N–H and O–H groups in total. The molecule has 2 rings (SSSR count). The van der Waals surface area contributed by atoms with Crippen molar-refractivity contribution in [2.75, 3.05) is 0 Å². The Balaban J connectivity index is 2.15. The Morgan fingerprint density at radius 1 is 1.25 bits per heavy atom. The summed E-state index contributed by atoms with van der Waals surface area (Å²) in [5.74, 6) is -1.05. The lowest BCUT2D eigenvalue weighted by molar-refractivity contribution is 0.0653. The Kier molecular flexibility index (Phi) is 2.82. The molecule has 1 aromatic carbocycles. The highest BCUT2D eigenvalue weighted by molar-refractivity contribution is 5.82. The molecule has 0 saturated heterocycles. The third-order valence-corrected chi connectivity index (χ3v) is 1.95. The van der Waals surface area contributed by atoms with Gasteiger partial charge in [-0.25, -0.2) is 9.78 Å². The Bertz CT molecular complexity index is 514. The maximum atomic E-state index is 10.5. The molecule has 4 nitrogen and oxygen atoms in total. The van der Waals surface area contributed by atoms with Crippen LogP contribution in [-0.4, -0.2) is 16.1 Å². The number of hydrogen-bond acceptors (Lipinski definition) is 3. The third kappa shape index (κ3) is 2.36. The van der Waals surface area contributed by atoms with E-state index in [0.29, 0.717) is 5.76 Å². The molecule has 0 unspecified atom stereocenters. The number of carboxylic acid groups (broad SMARTS) is 1. The van der Waals surface area contributed by atoms with E-state index in [1.54, 1.807) is 6.08 Å². The normalized spacial score (nSPS) is 10.8. The van der Waals surface area contributed by atoms with E-state index in [2.05, 4.69) is 4.98 Å². The first-order valence-electron chi connectivity index (χ1n) is 4.68. The van der Waals surface area contributed by atoms with Crippen LogP contribution in [0.25, 0.3) is 12.2 Å².